The Labute approximate surface area is 162 Å². The van der Waals surface area contributed by atoms with Gasteiger partial charge in [0.15, 0.2) is 11.6 Å². The van der Waals surface area contributed by atoms with Gasteiger partial charge in [0.1, 0.15) is 0 Å². The van der Waals surface area contributed by atoms with Crippen LogP contribution in [0.25, 0.3) is 0 Å². The zero-order valence-corrected chi connectivity index (χ0v) is 15.6. The maximum atomic E-state index is 13.3. The van der Waals surface area contributed by atoms with Crippen LogP contribution < -0.4 is 10.6 Å². The van der Waals surface area contributed by atoms with Crippen LogP contribution in [0.15, 0.2) is 48.5 Å². The fourth-order valence-electron chi connectivity index (χ4n) is 3.30. The average Bonchev–Trinajstić information content (AvgIpc) is 2.71. The van der Waals surface area contributed by atoms with E-state index in [2.05, 4.69) is 10.6 Å². The van der Waals surface area contributed by atoms with Gasteiger partial charge in [0.05, 0.1) is 6.04 Å². The molecular weight excluding hydrogens is 364 g/mol. The molecule has 5 nitrogen and oxygen atoms in total. The fourth-order valence-corrected chi connectivity index (χ4v) is 3.30. The largest absolute Gasteiger partial charge is 0.326 e. The number of para-hydroxylation sites is 1. The molecule has 2 aromatic carbocycles. The van der Waals surface area contributed by atoms with Crippen LogP contribution in [-0.4, -0.2) is 35.8 Å². The first-order valence-corrected chi connectivity index (χ1v) is 9.30. The van der Waals surface area contributed by atoms with Crippen molar-refractivity contribution in [2.45, 2.75) is 25.8 Å². The van der Waals surface area contributed by atoms with Crippen molar-refractivity contribution >= 4 is 23.2 Å². The van der Waals surface area contributed by atoms with Gasteiger partial charge in [-0.2, -0.15) is 0 Å². The SMILES string of the molecule is C[C@@H](C(=O)Nc1ccc(F)c(F)c1)N1CCC(C(=O)Nc2ccccc2)CC1. The van der Waals surface area contributed by atoms with Gasteiger partial charge in [0, 0.05) is 23.4 Å². The smallest absolute Gasteiger partial charge is 0.241 e. The molecule has 0 saturated carbocycles. The zero-order chi connectivity index (χ0) is 20.1. The van der Waals surface area contributed by atoms with Crippen molar-refractivity contribution in [3.05, 3.63) is 60.2 Å². The first-order chi connectivity index (χ1) is 13.4. The molecule has 1 saturated heterocycles. The Hall–Kier alpha value is -2.80. The van der Waals surface area contributed by atoms with Crippen molar-refractivity contribution in [2.75, 3.05) is 23.7 Å². The van der Waals surface area contributed by atoms with E-state index < -0.39 is 17.7 Å². The molecular formula is C21H23F2N3O2. The molecule has 1 fully saturated rings. The topological polar surface area (TPSA) is 61.4 Å². The summed E-state index contributed by atoms with van der Waals surface area (Å²) in [4.78, 5) is 26.8. The van der Waals surface area contributed by atoms with Gasteiger partial charge >= 0.3 is 0 Å². The number of likely N-dealkylation sites (tertiary alicyclic amines) is 1. The summed E-state index contributed by atoms with van der Waals surface area (Å²) in [6.07, 6.45) is 1.31. The number of amides is 2. The summed E-state index contributed by atoms with van der Waals surface area (Å²) >= 11 is 0. The molecule has 0 bridgehead atoms. The van der Waals surface area contributed by atoms with E-state index in [0.717, 1.165) is 17.8 Å². The number of anilines is 2. The van der Waals surface area contributed by atoms with Crippen LogP contribution in [0.4, 0.5) is 20.2 Å². The number of carbonyl (C=O) groups excluding carboxylic acids is 2. The summed E-state index contributed by atoms with van der Waals surface area (Å²) in [6, 6.07) is 12.1. The van der Waals surface area contributed by atoms with Gasteiger partial charge in [-0.1, -0.05) is 18.2 Å². The Bertz CT molecular complexity index is 837. The van der Waals surface area contributed by atoms with E-state index in [4.69, 9.17) is 0 Å². The number of benzene rings is 2. The highest BCUT2D eigenvalue weighted by atomic mass is 19.2. The van der Waals surface area contributed by atoms with Crippen molar-refractivity contribution < 1.29 is 18.4 Å². The summed E-state index contributed by atoms with van der Waals surface area (Å²) in [5, 5.41) is 5.53. The van der Waals surface area contributed by atoms with Crippen LogP contribution in [0, 0.1) is 17.6 Å². The molecule has 2 aromatic rings. The second-order valence-electron chi connectivity index (χ2n) is 6.96. The summed E-state index contributed by atoms with van der Waals surface area (Å²) in [7, 11) is 0. The number of nitrogens with one attached hydrogen (secondary N) is 2. The number of rotatable bonds is 5. The predicted molar refractivity (Wildman–Crippen MR) is 104 cm³/mol. The van der Waals surface area contributed by atoms with Crippen molar-refractivity contribution in [2.24, 2.45) is 5.92 Å². The number of nitrogens with zero attached hydrogens (tertiary/aromatic N) is 1. The number of carbonyl (C=O) groups is 2. The Morgan fingerprint density at radius 1 is 0.964 bits per heavy atom. The lowest BCUT2D eigenvalue weighted by atomic mass is 9.94. The van der Waals surface area contributed by atoms with E-state index >= 15 is 0 Å². The third kappa shape index (κ3) is 4.92. The summed E-state index contributed by atoms with van der Waals surface area (Å²) in [5.41, 5.74) is 0.988. The highest BCUT2D eigenvalue weighted by molar-refractivity contribution is 5.95. The molecule has 0 aromatic heterocycles. The van der Waals surface area contributed by atoms with Crippen LogP contribution in [0.1, 0.15) is 19.8 Å². The van der Waals surface area contributed by atoms with Crippen LogP contribution in [-0.2, 0) is 9.59 Å². The molecule has 1 atom stereocenters. The van der Waals surface area contributed by atoms with Crippen LogP contribution in [0.5, 0.6) is 0 Å². The Morgan fingerprint density at radius 2 is 1.64 bits per heavy atom. The third-order valence-corrected chi connectivity index (χ3v) is 5.06. The van der Waals surface area contributed by atoms with Crippen molar-refractivity contribution in [1.82, 2.24) is 4.90 Å². The van der Waals surface area contributed by atoms with Crippen molar-refractivity contribution in [3.8, 4) is 0 Å². The molecule has 7 heteroatoms. The molecule has 0 unspecified atom stereocenters. The van der Waals surface area contributed by atoms with E-state index in [1.807, 2.05) is 35.2 Å². The van der Waals surface area contributed by atoms with E-state index in [1.54, 1.807) is 6.92 Å². The highest BCUT2D eigenvalue weighted by Crippen LogP contribution is 2.22. The summed E-state index contributed by atoms with van der Waals surface area (Å²) < 4.78 is 26.3. The molecule has 1 heterocycles. The molecule has 2 amide bonds. The zero-order valence-electron chi connectivity index (χ0n) is 15.6. The van der Waals surface area contributed by atoms with Crippen LogP contribution in [0.3, 0.4) is 0 Å². The molecule has 1 aliphatic heterocycles. The third-order valence-electron chi connectivity index (χ3n) is 5.06. The summed E-state index contributed by atoms with van der Waals surface area (Å²) in [5.74, 6) is -2.36. The lowest BCUT2D eigenvalue weighted by Gasteiger charge is -2.34. The van der Waals surface area contributed by atoms with Gasteiger partial charge < -0.3 is 10.6 Å². The van der Waals surface area contributed by atoms with Crippen LogP contribution >= 0.6 is 0 Å². The number of hydrogen-bond donors (Lipinski definition) is 2. The Morgan fingerprint density at radius 3 is 2.29 bits per heavy atom. The minimum atomic E-state index is -1.00. The average molecular weight is 387 g/mol. The molecule has 3 rings (SSSR count). The highest BCUT2D eigenvalue weighted by Gasteiger charge is 2.29. The van der Waals surface area contributed by atoms with E-state index in [-0.39, 0.29) is 23.4 Å². The minimum absolute atomic E-state index is 0.00950. The maximum Gasteiger partial charge on any atom is 0.241 e. The molecule has 0 radical (unpaired) electrons. The van der Waals surface area contributed by atoms with Crippen molar-refractivity contribution in [1.29, 1.82) is 0 Å². The fraction of sp³-hybridized carbons (Fsp3) is 0.333. The van der Waals surface area contributed by atoms with Crippen LogP contribution in [0.2, 0.25) is 0 Å². The summed E-state index contributed by atoms with van der Waals surface area (Å²) in [6.45, 7) is 2.98. The molecule has 0 aliphatic carbocycles. The minimum Gasteiger partial charge on any atom is -0.326 e. The molecule has 2 N–H and O–H groups in total. The quantitative estimate of drug-likeness (QED) is 0.823. The molecule has 1 aliphatic rings. The second kappa shape index (κ2) is 8.93. The second-order valence-corrected chi connectivity index (χ2v) is 6.96. The number of piperidine rings is 1. The predicted octanol–water partition coefficient (Wildman–Crippen LogP) is 3.64. The van der Waals surface area contributed by atoms with Gasteiger partial charge in [-0.05, 0) is 57.1 Å². The molecule has 0 spiro atoms. The van der Waals surface area contributed by atoms with Gasteiger partial charge in [-0.3, -0.25) is 14.5 Å². The normalized spacial score (nSPS) is 16.4. The molecule has 28 heavy (non-hydrogen) atoms. The van der Waals surface area contributed by atoms with Gasteiger partial charge in [0.25, 0.3) is 0 Å². The standard InChI is InChI=1S/C21H23F2N3O2/c1-14(20(27)25-17-7-8-18(22)19(23)13-17)26-11-9-15(10-12-26)21(28)24-16-5-3-2-4-6-16/h2-8,13-15H,9-12H2,1H3,(H,24,28)(H,25,27)/t14-/m0/s1. The van der Waals surface area contributed by atoms with Gasteiger partial charge in [0.2, 0.25) is 11.8 Å². The first kappa shape index (κ1) is 19.9. The first-order valence-electron chi connectivity index (χ1n) is 9.30. The van der Waals surface area contributed by atoms with E-state index in [1.165, 1.54) is 6.07 Å². The Kier molecular flexibility index (Phi) is 6.36. The molecule has 148 valence electrons. The van der Waals surface area contributed by atoms with Gasteiger partial charge in [-0.25, -0.2) is 8.78 Å². The lowest BCUT2D eigenvalue weighted by molar-refractivity contribution is -0.123. The monoisotopic (exact) mass is 387 g/mol. The van der Waals surface area contributed by atoms with E-state index in [9.17, 15) is 18.4 Å². The number of hydrogen-bond acceptors (Lipinski definition) is 3. The Balaban J connectivity index is 1.50. The van der Waals surface area contributed by atoms with E-state index in [0.29, 0.717) is 25.9 Å². The van der Waals surface area contributed by atoms with Crippen molar-refractivity contribution in [3.63, 3.8) is 0 Å². The number of halogens is 2. The van der Waals surface area contributed by atoms with Gasteiger partial charge in [-0.15, -0.1) is 0 Å². The maximum absolute atomic E-state index is 13.3. The lowest BCUT2D eigenvalue weighted by Crippen LogP contribution is -2.47.